The fourth-order valence-electron chi connectivity index (χ4n) is 10.9. The van der Waals surface area contributed by atoms with Crippen molar-refractivity contribution in [2.75, 3.05) is 40.5 Å². The molecule has 0 aliphatic heterocycles. The zero-order valence-electron chi connectivity index (χ0n) is 58.6. The van der Waals surface area contributed by atoms with Gasteiger partial charge in [0.15, 0.2) is 17.1 Å². The topological polar surface area (TPSA) is 269 Å². The van der Waals surface area contributed by atoms with E-state index in [1.165, 1.54) is 0 Å². The van der Waals surface area contributed by atoms with Crippen LogP contribution in [-0.4, -0.2) is 146 Å². The Morgan fingerprint density at radius 3 is 0.972 bits per heavy atom. The smallest absolute Gasteiger partial charge is 0.490 e. The molecule has 4 N–H and O–H groups in total. The van der Waals surface area contributed by atoms with Gasteiger partial charge in [0, 0.05) is 108 Å². The molecule has 0 aliphatic carbocycles. The van der Waals surface area contributed by atoms with E-state index in [-0.39, 0.29) is 23.7 Å². The Morgan fingerprint density at radius 1 is 0.417 bits per heavy atom. The Labute approximate surface area is 651 Å². The van der Waals surface area contributed by atoms with Crippen molar-refractivity contribution >= 4 is 93.5 Å². The number of carboxylic acids is 3. The highest BCUT2D eigenvalue weighted by Gasteiger charge is 2.38. The van der Waals surface area contributed by atoms with Gasteiger partial charge in [-0.2, -0.15) is 23.5 Å². The Bertz CT molecular complexity index is 4500. The quantitative estimate of drug-likeness (QED) is 0.0294. The molecule has 0 unspecified atom stereocenters. The average Bonchev–Trinajstić information content (AvgIpc) is 1.68. The minimum atomic E-state index is -5.08. The van der Waals surface area contributed by atoms with Crippen LogP contribution in [0.1, 0.15) is 100.0 Å². The number of aromatic amines is 1. The molecule has 11 rings (SSSR count). The number of benzene rings is 8. The summed E-state index contributed by atoms with van der Waals surface area (Å²) < 4.78 is 50.9. The Kier molecular flexibility index (Phi) is 32.5. The van der Waals surface area contributed by atoms with E-state index in [1.54, 1.807) is 30.5 Å². The van der Waals surface area contributed by atoms with Crippen LogP contribution in [0.4, 0.5) is 13.2 Å². The number of methoxy groups -OCH3 is 2. The summed E-state index contributed by atoms with van der Waals surface area (Å²) in [4.78, 5) is 51.5. The maximum atomic E-state index is 12.7. The van der Waals surface area contributed by atoms with Gasteiger partial charge in [-0.05, 0) is 148 Å². The summed E-state index contributed by atoms with van der Waals surface area (Å²) in [6.07, 6.45) is -3.59. The lowest BCUT2D eigenvalue weighted by Crippen LogP contribution is -2.27. The van der Waals surface area contributed by atoms with Gasteiger partial charge in [0.05, 0.1) is 51.0 Å². The first-order valence-electron chi connectivity index (χ1n) is 33.4. The van der Waals surface area contributed by atoms with Crippen LogP contribution < -0.4 is 9.47 Å². The molecule has 3 heterocycles. The van der Waals surface area contributed by atoms with Crippen LogP contribution in [0.5, 0.6) is 11.5 Å². The number of rotatable bonds is 31. The molecule has 108 heavy (non-hydrogen) atoms. The van der Waals surface area contributed by atoms with Gasteiger partial charge in [0.2, 0.25) is 0 Å². The number of carbonyl (C=O) groups is 4. The van der Waals surface area contributed by atoms with E-state index in [2.05, 4.69) is 50.7 Å². The third kappa shape index (κ3) is 27.4. The highest BCUT2D eigenvalue weighted by Crippen LogP contribution is 2.24. The van der Waals surface area contributed by atoms with E-state index in [4.69, 9.17) is 93.7 Å². The summed E-state index contributed by atoms with van der Waals surface area (Å²) in [6.45, 7) is 8.94. The van der Waals surface area contributed by atoms with Crippen LogP contribution in [0, 0.1) is 0 Å². The van der Waals surface area contributed by atoms with E-state index >= 15 is 0 Å². The van der Waals surface area contributed by atoms with Crippen LogP contribution in [0.3, 0.4) is 0 Å². The molecular weight excluding hydrogens is 1520 g/mol. The van der Waals surface area contributed by atoms with Crippen LogP contribution in [-0.2, 0) is 81.2 Å². The van der Waals surface area contributed by atoms with Gasteiger partial charge >= 0.3 is 30.1 Å². The Balaban J connectivity index is 0.000000197. The van der Waals surface area contributed by atoms with Crippen molar-refractivity contribution in [2.24, 2.45) is 0 Å². The number of nitrogens with zero attached hydrogens (tertiary/aromatic N) is 11. The van der Waals surface area contributed by atoms with Gasteiger partial charge < -0.3 is 29.5 Å². The monoisotopic (exact) mass is 1590 g/mol. The summed E-state index contributed by atoms with van der Waals surface area (Å²) >= 11 is 36.3. The average molecular weight is 1600 g/mol. The molecule has 0 aliphatic rings. The number of carboxylic acid groups (broad SMARTS) is 3. The van der Waals surface area contributed by atoms with Crippen molar-refractivity contribution in [3.8, 4) is 11.5 Å². The summed E-state index contributed by atoms with van der Waals surface area (Å²) in [5, 5.41) is 56.8. The molecule has 3 aromatic heterocycles. The van der Waals surface area contributed by atoms with Crippen molar-refractivity contribution in [3.05, 3.63) is 303 Å². The summed E-state index contributed by atoms with van der Waals surface area (Å²) in [7, 11) is 3.25. The first-order valence-corrected chi connectivity index (χ1v) is 35.7. The van der Waals surface area contributed by atoms with E-state index in [0.29, 0.717) is 133 Å². The van der Waals surface area contributed by atoms with Crippen molar-refractivity contribution in [3.63, 3.8) is 0 Å². The normalized spacial score (nSPS) is 11.1. The second-order valence-electron chi connectivity index (χ2n) is 24.2. The first-order chi connectivity index (χ1) is 51.8. The highest BCUT2D eigenvalue weighted by atomic mass is 35.5. The fourth-order valence-corrected chi connectivity index (χ4v) is 11.6. The lowest BCUT2D eigenvalue weighted by atomic mass is 10.1. The van der Waals surface area contributed by atoms with E-state index in [9.17, 15) is 37.8 Å². The number of H-pyrrole nitrogens is 1. The molecule has 22 nitrogen and oxygen atoms in total. The van der Waals surface area contributed by atoms with Crippen molar-refractivity contribution in [1.29, 1.82) is 0 Å². The van der Waals surface area contributed by atoms with Crippen LogP contribution in [0.25, 0.3) is 0 Å². The predicted octanol–water partition coefficient (Wildman–Crippen LogP) is 16.3. The summed E-state index contributed by atoms with van der Waals surface area (Å²) in [6, 6.07) is 61.8. The minimum Gasteiger partial charge on any atom is -0.497 e. The van der Waals surface area contributed by atoms with Gasteiger partial charge in [-0.25, -0.2) is 28.5 Å². The van der Waals surface area contributed by atoms with Crippen LogP contribution in [0.15, 0.2) is 194 Å². The number of ether oxygens (including phenoxy) is 3. The van der Waals surface area contributed by atoms with Crippen LogP contribution >= 0.6 is 69.6 Å². The van der Waals surface area contributed by atoms with E-state index < -0.39 is 30.1 Å². The number of carbonyl (C=O) groups excluding carboxylic acids is 1. The van der Waals surface area contributed by atoms with Gasteiger partial charge in [-0.3, -0.25) is 14.7 Å². The first kappa shape index (κ1) is 83.7. The molecule has 0 fully saturated rings. The molecule has 0 atom stereocenters. The highest BCUT2D eigenvalue weighted by molar-refractivity contribution is 6.32. The minimum absolute atomic E-state index is 0.0264. The number of hydrogen-bond acceptors (Lipinski definition) is 16. The summed E-state index contributed by atoms with van der Waals surface area (Å²) in [5.41, 5.74) is 10.7. The fraction of sp³-hybridized carbons (Fsp3) is 0.247. The molecule has 0 saturated heterocycles. The summed E-state index contributed by atoms with van der Waals surface area (Å²) in [5.74, 6) is -3.87. The predicted molar refractivity (Wildman–Crippen MR) is 406 cm³/mol. The molecule has 0 spiro atoms. The number of alkyl halides is 3. The Morgan fingerprint density at radius 2 is 0.694 bits per heavy atom. The lowest BCUT2D eigenvalue weighted by Gasteiger charge is -2.23. The zero-order chi connectivity index (χ0) is 77.7. The number of aromatic nitrogens is 9. The molecule has 8 aromatic carbocycles. The molecule has 0 amide bonds. The van der Waals surface area contributed by atoms with Gasteiger partial charge in [-0.1, -0.05) is 177 Å². The second kappa shape index (κ2) is 42.0. The number of esters is 1. The third-order valence-corrected chi connectivity index (χ3v) is 17.8. The lowest BCUT2D eigenvalue weighted by molar-refractivity contribution is -0.192. The van der Waals surface area contributed by atoms with Crippen LogP contribution in [0.2, 0.25) is 30.1 Å². The molecular formula is C77H75Cl6F3N12O10. The number of aromatic carboxylic acids is 2. The molecule has 0 bridgehead atoms. The van der Waals surface area contributed by atoms with Gasteiger partial charge in [-0.15, -0.1) is 15.3 Å². The number of halogens is 9. The Hall–Kier alpha value is -9.93. The van der Waals surface area contributed by atoms with Gasteiger partial charge in [0.1, 0.15) is 11.5 Å². The number of aliphatic carboxylic acids is 1. The van der Waals surface area contributed by atoms with Crippen molar-refractivity contribution in [1.82, 2.24) is 60.1 Å². The number of nitrogens with one attached hydrogen (secondary N) is 1. The number of hydrogen-bond donors (Lipinski definition) is 4. The van der Waals surface area contributed by atoms with Crippen molar-refractivity contribution < 1.29 is 61.9 Å². The van der Waals surface area contributed by atoms with E-state index in [1.807, 2.05) is 194 Å². The maximum Gasteiger partial charge on any atom is 0.490 e. The standard InChI is InChI=1S/C29H30Cl2N4O3.C27H26Cl2N4O3.C19H18Cl2N4O2.C2HF3O2/c1-3-38-29(36)28-27(35(33-32-28)20-23-8-14-26(37-2)15-9-23)16-17-34(18-21-4-10-24(30)11-5-21)19-22-6-12-25(31)13-7-22;1-36-24-12-6-21(7-13-24)18-33-25(26(27(34)35)30-31-33)14-15-32(16-19-2-8-22(28)9-3-19)17-20-4-10-23(29)11-5-20;20-15-5-1-13(2-6-15)11-25(12-14-3-7-16(21)8-4-14)10-9-17-18(19(26)27)23-24-22-17;3-2(4,5)1(6)7/h4-15H,3,16-20H2,1-2H3;2-13H,14-18H2,1H3,(H,34,35);1-8H,9-12H2,(H,26,27)(H,22,23,24);(H,6,7). The maximum absolute atomic E-state index is 12.7. The van der Waals surface area contributed by atoms with Gasteiger partial charge in [0.25, 0.3) is 0 Å². The molecule has 31 heteroatoms. The SMILES string of the molecule is CCOC(=O)c1nnn(Cc2ccc(OC)cc2)c1CCN(Cc1ccc(Cl)cc1)Cc1ccc(Cl)cc1.COc1ccc(Cn2nnc(C(=O)O)c2CCN(Cc2ccc(Cl)cc2)Cc2ccc(Cl)cc2)cc1.O=C(O)C(F)(F)F.O=C(O)c1n[nH]nc1CCN(Cc1ccc(Cl)cc1)Cc1ccc(Cl)cc1. The molecule has 0 radical (unpaired) electrons. The molecule has 11 aromatic rings. The van der Waals surface area contributed by atoms with E-state index in [0.717, 1.165) is 61.7 Å². The third-order valence-electron chi connectivity index (χ3n) is 16.3. The molecule has 566 valence electrons. The largest absolute Gasteiger partial charge is 0.497 e. The molecule has 0 saturated carbocycles. The second-order valence-corrected chi connectivity index (χ2v) is 26.8. The van der Waals surface area contributed by atoms with Crippen molar-refractivity contribution in [2.45, 2.75) is 84.7 Å². The zero-order valence-corrected chi connectivity index (χ0v) is 63.1.